The number of benzene rings is 3. The summed E-state index contributed by atoms with van der Waals surface area (Å²) in [6, 6.07) is 16.9. The van der Waals surface area contributed by atoms with Crippen LogP contribution in [-0.2, 0) is 20.9 Å². The molecule has 1 aliphatic heterocycles. The summed E-state index contributed by atoms with van der Waals surface area (Å²) in [5.74, 6) is 1.08. The third-order valence-corrected chi connectivity index (χ3v) is 8.35. The number of thiazole rings is 1. The van der Waals surface area contributed by atoms with Crippen molar-refractivity contribution in [2.45, 2.75) is 33.4 Å². The molecule has 11 nitrogen and oxygen atoms in total. The van der Waals surface area contributed by atoms with E-state index in [0.717, 1.165) is 5.56 Å². The number of rotatable bonds is 13. The highest BCUT2D eigenvalue weighted by atomic mass is 32.1. The summed E-state index contributed by atoms with van der Waals surface area (Å²) in [6.45, 7) is 6.92. The van der Waals surface area contributed by atoms with Crippen molar-refractivity contribution in [2.24, 2.45) is 4.99 Å². The largest absolute Gasteiger partial charge is 0.493 e. The van der Waals surface area contributed by atoms with Gasteiger partial charge in [0.05, 0.1) is 55.8 Å². The maximum atomic E-state index is 14.0. The SMILES string of the molecule is CCOC(=O)c1ccc(COc2ccc(/C=c3/sc4n(c3=O)[C@H](c3ccc(OCC)c(OCC)c3)C(C(=O)OC)=CN=4)cc2OC)cc1. The molecule has 0 N–H and O–H groups in total. The molecule has 3 aromatic carbocycles. The molecule has 0 aliphatic carbocycles. The monoisotopic (exact) mass is 672 g/mol. The molecule has 4 aromatic rings. The zero-order valence-corrected chi connectivity index (χ0v) is 28.1. The van der Waals surface area contributed by atoms with Crippen LogP contribution < -0.4 is 33.8 Å². The molecule has 0 unspecified atom stereocenters. The second-order valence-electron chi connectivity index (χ2n) is 10.4. The molecule has 0 saturated heterocycles. The van der Waals surface area contributed by atoms with E-state index < -0.39 is 12.0 Å². The molecule has 1 aliphatic rings. The van der Waals surface area contributed by atoms with Crippen LogP contribution in [0, 0.1) is 0 Å². The van der Waals surface area contributed by atoms with Crippen molar-refractivity contribution in [2.75, 3.05) is 34.0 Å². The summed E-state index contributed by atoms with van der Waals surface area (Å²) >= 11 is 1.20. The number of carbonyl (C=O) groups is 2. The van der Waals surface area contributed by atoms with Gasteiger partial charge < -0.3 is 28.4 Å². The van der Waals surface area contributed by atoms with E-state index in [1.54, 1.807) is 67.6 Å². The molecule has 1 atom stereocenters. The minimum atomic E-state index is -0.803. The number of carbonyl (C=O) groups excluding carboxylic acids is 2. The lowest BCUT2D eigenvalue weighted by molar-refractivity contribution is -0.136. The van der Waals surface area contributed by atoms with Crippen LogP contribution >= 0.6 is 11.3 Å². The lowest BCUT2D eigenvalue weighted by atomic mass is 9.97. The van der Waals surface area contributed by atoms with E-state index in [-0.39, 0.29) is 23.7 Å². The van der Waals surface area contributed by atoms with Gasteiger partial charge in [-0.05, 0) is 79.9 Å². The Morgan fingerprint density at radius 2 is 1.54 bits per heavy atom. The first-order chi connectivity index (χ1) is 23.3. The number of methoxy groups -OCH3 is 2. The van der Waals surface area contributed by atoms with E-state index in [4.69, 9.17) is 28.4 Å². The molecule has 250 valence electrons. The van der Waals surface area contributed by atoms with E-state index in [1.807, 2.05) is 19.9 Å². The van der Waals surface area contributed by atoms with Gasteiger partial charge in [0.15, 0.2) is 27.8 Å². The molecule has 1 aromatic heterocycles. The Bertz CT molecular complexity index is 2010. The van der Waals surface area contributed by atoms with Gasteiger partial charge in [0.25, 0.3) is 5.56 Å². The quantitative estimate of drug-likeness (QED) is 0.188. The number of ether oxygens (including phenoxy) is 6. The second kappa shape index (κ2) is 15.5. The van der Waals surface area contributed by atoms with Crippen molar-refractivity contribution in [1.82, 2.24) is 4.57 Å². The summed E-state index contributed by atoms with van der Waals surface area (Å²) in [7, 11) is 2.83. The summed E-state index contributed by atoms with van der Waals surface area (Å²) in [5.41, 5.74) is 2.55. The number of fused-ring (bicyclic) bond motifs is 1. The van der Waals surface area contributed by atoms with Gasteiger partial charge in [-0.25, -0.2) is 14.6 Å². The Labute approximate surface area is 281 Å². The Balaban J connectivity index is 1.46. The van der Waals surface area contributed by atoms with Crippen molar-refractivity contribution in [1.29, 1.82) is 0 Å². The average molecular weight is 673 g/mol. The molecule has 2 heterocycles. The first kappa shape index (κ1) is 34.0. The highest BCUT2D eigenvalue weighted by Gasteiger charge is 2.31. The van der Waals surface area contributed by atoms with Gasteiger partial charge in [-0.1, -0.05) is 35.6 Å². The highest BCUT2D eigenvalue weighted by Crippen LogP contribution is 2.35. The molecule has 0 bridgehead atoms. The maximum absolute atomic E-state index is 14.0. The summed E-state index contributed by atoms with van der Waals surface area (Å²) in [5, 5.41) is 0. The molecule has 0 saturated carbocycles. The van der Waals surface area contributed by atoms with Gasteiger partial charge in [0.2, 0.25) is 0 Å². The van der Waals surface area contributed by atoms with Crippen LogP contribution in [0.1, 0.15) is 53.9 Å². The smallest absolute Gasteiger partial charge is 0.338 e. The Kier molecular flexibility index (Phi) is 11.0. The van der Waals surface area contributed by atoms with Crippen LogP contribution in [0.4, 0.5) is 0 Å². The van der Waals surface area contributed by atoms with Crippen molar-refractivity contribution in [3.63, 3.8) is 0 Å². The van der Waals surface area contributed by atoms with E-state index in [2.05, 4.69) is 4.99 Å². The topological polar surface area (TPSA) is 124 Å². The third-order valence-electron chi connectivity index (χ3n) is 7.35. The molecule has 5 rings (SSSR count). The van der Waals surface area contributed by atoms with Gasteiger partial charge in [0, 0.05) is 6.20 Å². The van der Waals surface area contributed by atoms with E-state index in [9.17, 15) is 14.4 Å². The van der Waals surface area contributed by atoms with Gasteiger partial charge >= 0.3 is 11.9 Å². The molecule has 12 heteroatoms. The van der Waals surface area contributed by atoms with Crippen LogP contribution in [0.25, 0.3) is 6.08 Å². The maximum Gasteiger partial charge on any atom is 0.338 e. The summed E-state index contributed by atoms with van der Waals surface area (Å²) < 4.78 is 35.2. The molecule has 0 radical (unpaired) electrons. The highest BCUT2D eigenvalue weighted by molar-refractivity contribution is 7.07. The fourth-order valence-corrected chi connectivity index (χ4v) is 6.11. The van der Waals surface area contributed by atoms with E-state index in [1.165, 1.54) is 36.3 Å². The van der Waals surface area contributed by atoms with Gasteiger partial charge in [-0.15, -0.1) is 0 Å². The Morgan fingerprint density at radius 3 is 2.23 bits per heavy atom. The number of hydrogen-bond acceptors (Lipinski definition) is 11. The number of aromatic nitrogens is 1. The van der Waals surface area contributed by atoms with Crippen LogP contribution in [0.2, 0.25) is 0 Å². The summed E-state index contributed by atoms with van der Waals surface area (Å²) in [4.78, 5) is 43.7. The molecule has 48 heavy (non-hydrogen) atoms. The molecule has 0 amide bonds. The Hall–Kier alpha value is -5.36. The first-order valence-electron chi connectivity index (χ1n) is 15.4. The third kappa shape index (κ3) is 7.28. The fourth-order valence-electron chi connectivity index (χ4n) is 5.14. The number of hydrogen-bond donors (Lipinski definition) is 0. The number of esters is 2. The minimum Gasteiger partial charge on any atom is -0.493 e. The van der Waals surface area contributed by atoms with Crippen LogP contribution in [0.3, 0.4) is 0 Å². The van der Waals surface area contributed by atoms with Crippen molar-refractivity contribution >= 4 is 29.4 Å². The molecular formula is C36H36N2O9S. The zero-order valence-electron chi connectivity index (χ0n) is 27.3. The fraction of sp³-hybridized carbons (Fsp3) is 0.278. The second-order valence-corrected chi connectivity index (χ2v) is 11.4. The predicted octanol–water partition coefficient (Wildman–Crippen LogP) is 4.58. The standard InChI is InChI=1S/C36H36N2O9S/c1-6-44-28-16-14-25(19-30(28)45-7-2)32-26(35(41)43-5)20-37-36-38(32)33(39)31(48-36)18-23-11-15-27(29(17-23)42-4)47-21-22-9-12-24(13-10-22)34(40)46-8-3/h9-20,32H,6-8,21H2,1-5H3/b31-18+/t32-/m1/s1. The van der Waals surface area contributed by atoms with Crippen LogP contribution in [0.5, 0.6) is 23.0 Å². The lowest BCUT2D eigenvalue weighted by Crippen LogP contribution is -2.39. The Morgan fingerprint density at radius 1 is 0.833 bits per heavy atom. The first-order valence-corrected chi connectivity index (χ1v) is 16.2. The van der Waals surface area contributed by atoms with Crippen LogP contribution in [-0.4, -0.2) is 50.5 Å². The van der Waals surface area contributed by atoms with Gasteiger partial charge in [-0.2, -0.15) is 0 Å². The predicted molar refractivity (Wildman–Crippen MR) is 180 cm³/mol. The number of nitrogens with zero attached hydrogens (tertiary/aromatic N) is 2. The average Bonchev–Trinajstić information content (AvgIpc) is 3.42. The van der Waals surface area contributed by atoms with Crippen molar-refractivity contribution in [3.8, 4) is 23.0 Å². The van der Waals surface area contributed by atoms with Gasteiger partial charge in [0.1, 0.15) is 6.61 Å². The minimum absolute atomic E-state index is 0.210. The van der Waals surface area contributed by atoms with Crippen LogP contribution in [0.15, 0.2) is 82.2 Å². The van der Waals surface area contributed by atoms with Crippen molar-refractivity contribution in [3.05, 3.63) is 114 Å². The molecular weight excluding hydrogens is 636 g/mol. The molecule has 0 spiro atoms. The van der Waals surface area contributed by atoms with E-state index >= 15 is 0 Å². The van der Waals surface area contributed by atoms with Crippen molar-refractivity contribution < 1.29 is 38.0 Å². The van der Waals surface area contributed by atoms with Gasteiger partial charge in [-0.3, -0.25) is 9.36 Å². The van der Waals surface area contributed by atoms with E-state index in [0.29, 0.717) is 68.8 Å². The molecule has 0 fully saturated rings. The summed E-state index contributed by atoms with van der Waals surface area (Å²) in [6.07, 6.45) is 3.19. The zero-order chi connectivity index (χ0) is 34.2. The lowest BCUT2D eigenvalue weighted by Gasteiger charge is -2.23. The normalized spacial score (nSPS) is 13.9.